The van der Waals surface area contributed by atoms with Crippen molar-refractivity contribution < 1.29 is 19.1 Å². The van der Waals surface area contributed by atoms with Crippen LogP contribution in [0.2, 0.25) is 0 Å². The molecule has 0 radical (unpaired) electrons. The van der Waals surface area contributed by atoms with Gasteiger partial charge in [-0.1, -0.05) is 6.07 Å². The summed E-state index contributed by atoms with van der Waals surface area (Å²) in [6.07, 6.45) is -1.45. The molecule has 6 heteroatoms. The molecule has 0 aliphatic rings. The number of carbonyl (C=O) groups excluding carboxylic acids is 2. The van der Waals surface area contributed by atoms with Crippen molar-refractivity contribution in [2.45, 2.75) is 6.10 Å². The molecule has 0 aliphatic heterocycles. The molecule has 0 heterocycles. The monoisotopic (exact) mass is 226 g/mol. The van der Waals surface area contributed by atoms with Gasteiger partial charge in [-0.05, 0) is 18.2 Å². The number of rotatable bonds is 4. The maximum atomic E-state index is 12.8. The Hall–Kier alpha value is -1.95. The van der Waals surface area contributed by atoms with Gasteiger partial charge in [-0.15, -0.1) is 0 Å². The van der Waals surface area contributed by atoms with Crippen LogP contribution in [0.15, 0.2) is 24.3 Å². The number of nitrogens with one attached hydrogen (secondary N) is 1. The van der Waals surface area contributed by atoms with Crippen molar-refractivity contribution in [3.05, 3.63) is 35.6 Å². The highest BCUT2D eigenvalue weighted by molar-refractivity contribution is 5.94. The number of hydrogen-bond acceptors (Lipinski definition) is 3. The summed E-state index contributed by atoms with van der Waals surface area (Å²) in [6, 6.07) is 5.05. The third-order valence-corrected chi connectivity index (χ3v) is 1.87. The Balaban J connectivity index is 2.56. The second kappa shape index (κ2) is 5.22. The van der Waals surface area contributed by atoms with Gasteiger partial charge in [-0.25, -0.2) is 4.39 Å². The lowest BCUT2D eigenvalue weighted by molar-refractivity contribution is -0.125. The molecule has 1 aromatic carbocycles. The molecule has 0 aliphatic carbocycles. The molecule has 0 saturated carbocycles. The molecule has 1 rings (SSSR count). The number of amides is 2. The van der Waals surface area contributed by atoms with Crippen molar-refractivity contribution in [3.8, 4) is 0 Å². The van der Waals surface area contributed by atoms with Gasteiger partial charge in [0, 0.05) is 5.56 Å². The van der Waals surface area contributed by atoms with Crippen molar-refractivity contribution in [2.24, 2.45) is 5.73 Å². The Labute approximate surface area is 91.1 Å². The first-order valence-corrected chi connectivity index (χ1v) is 4.52. The maximum absolute atomic E-state index is 12.8. The summed E-state index contributed by atoms with van der Waals surface area (Å²) in [5, 5.41) is 11.3. The van der Waals surface area contributed by atoms with Gasteiger partial charge in [-0.3, -0.25) is 9.59 Å². The van der Waals surface area contributed by atoms with Gasteiger partial charge in [0.25, 0.3) is 5.91 Å². The second-order valence-electron chi connectivity index (χ2n) is 3.14. The van der Waals surface area contributed by atoms with Crippen molar-refractivity contribution in [1.82, 2.24) is 5.32 Å². The molecule has 0 saturated heterocycles. The first kappa shape index (κ1) is 12.1. The fourth-order valence-corrected chi connectivity index (χ4v) is 1.02. The number of aliphatic hydroxyl groups is 1. The zero-order chi connectivity index (χ0) is 12.1. The lowest BCUT2D eigenvalue weighted by Crippen LogP contribution is -2.39. The summed E-state index contributed by atoms with van der Waals surface area (Å²) in [6.45, 7) is -0.301. The fourth-order valence-electron chi connectivity index (χ4n) is 1.02. The van der Waals surface area contributed by atoms with E-state index in [-0.39, 0.29) is 12.1 Å². The first-order valence-electron chi connectivity index (χ1n) is 4.52. The summed E-state index contributed by atoms with van der Waals surface area (Å²) < 4.78 is 12.8. The molecule has 5 nitrogen and oxygen atoms in total. The Kier molecular flexibility index (Phi) is 3.96. The molecule has 1 aromatic rings. The van der Waals surface area contributed by atoms with E-state index < -0.39 is 23.7 Å². The Morgan fingerprint density at radius 2 is 2.19 bits per heavy atom. The fraction of sp³-hybridized carbons (Fsp3) is 0.200. The van der Waals surface area contributed by atoms with E-state index in [0.29, 0.717) is 0 Å². The highest BCUT2D eigenvalue weighted by Crippen LogP contribution is 2.02. The van der Waals surface area contributed by atoms with Gasteiger partial charge in [-0.2, -0.15) is 0 Å². The Morgan fingerprint density at radius 1 is 1.50 bits per heavy atom. The number of primary amides is 1. The minimum atomic E-state index is -1.45. The quantitative estimate of drug-likeness (QED) is 0.640. The molecule has 86 valence electrons. The van der Waals surface area contributed by atoms with Gasteiger partial charge in [0.1, 0.15) is 11.9 Å². The Morgan fingerprint density at radius 3 is 2.75 bits per heavy atom. The zero-order valence-corrected chi connectivity index (χ0v) is 8.31. The van der Waals surface area contributed by atoms with Crippen LogP contribution in [0.3, 0.4) is 0 Å². The molecule has 16 heavy (non-hydrogen) atoms. The molecular formula is C10H11FN2O3. The van der Waals surface area contributed by atoms with Crippen LogP contribution in [0.5, 0.6) is 0 Å². The summed E-state index contributed by atoms with van der Waals surface area (Å²) in [7, 11) is 0. The SMILES string of the molecule is NC(=O)C(O)CNC(=O)c1cccc(F)c1. The predicted octanol–water partition coefficient (Wildman–Crippen LogP) is -0.598. The molecule has 1 unspecified atom stereocenters. The van der Waals surface area contributed by atoms with Crippen LogP contribution in [0.25, 0.3) is 0 Å². The smallest absolute Gasteiger partial charge is 0.251 e. The molecule has 4 N–H and O–H groups in total. The molecule has 0 aromatic heterocycles. The minimum Gasteiger partial charge on any atom is -0.381 e. The van der Waals surface area contributed by atoms with Crippen LogP contribution in [0, 0.1) is 5.82 Å². The lowest BCUT2D eigenvalue weighted by Gasteiger charge is -2.08. The average molecular weight is 226 g/mol. The van der Waals surface area contributed by atoms with E-state index in [2.05, 4.69) is 5.32 Å². The first-order chi connectivity index (χ1) is 7.50. The minimum absolute atomic E-state index is 0.108. The van der Waals surface area contributed by atoms with Crippen LogP contribution in [-0.2, 0) is 4.79 Å². The van der Waals surface area contributed by atoms with E-state index in [1.54, 1.807) is 0 Å². The summed E-state index contributed by atoms with van der Waals surface area (Å²) in [4.78, 5) is 21.8. The molecule has 0 fully saturated rings. The largest absolute Gasteiger partial charge is 0.381 e. The van der Waals surface area contributed by atoms with Crippen LogP contribution in [0.4, 0.5) is 4.39 Å². The zero-order valence-electron chi connectivity index (χ0n) is 8.31. The van der Waals surface area contributed by atoms with E-state index in [0.717, 1.165) is 6.07 Å². The van der Waals surface area contributed by atoms with Crippen LogP contribution in [-0.4, -0.2) is 29.6 Å². The van der Waals surface area contributed by atoms with E-state index in [1.165, 1.54) is 18.2 Å². The van der Waals surface area contributed by atoms with Gasteiger partial charge in [0.2, 0.25) is 5.91 Å². The van der Waals surface area contributed by atoms with Crippen LogP contribution < -0.4 is 11.1 Å². The van der Waals surface area contributed by atoms with Gasteiger partial charge >= 0.3 is 0 Å². The number of hydrogen-bond donors (Lipinski definition) is 3. The van der Waals surface area contributed by atoms with E-state index >= 15 is 0 Å². The highest BCUT2D eigenvalue weighted by Gasteiger charge is 2.13. The Bertz CT molecular complexity index is 409. The van der Waals surface area contributed by atoms with Gasteiger partial charge in [0.05, 0.1) is 6.54 Å². The van der Waals surface area contributed by atoms with Crippen LogP contribution in [0.1, 0.15) is 10.4 Å². The third kappa shape index (κ3) is 3.32. The van der Waals surface area contributed by atoms with Crippen molar-refractivity contribution in [1.29, 1.82) is 0 Å². The topological polar surface area (TPSA) is 92.4 Å². The lowest BCUT2D eigenvalue weighted by atomic mass is 10.2. The van der Waals surface area contributed by atoms with Gasteiger partial charge < -0.3 is 16.2 Å². The standard InChI is InChI=1S/C10H11FN2O3/c11-7-3-1-2-6(4-7)10(16)13-5-8(14)9(12)15/h1-4,8,14H,5H2,(H2,12,15)(H,13,16). The van der Waals surface area contributed by atoms with Crippen molar-refractivity contribution in [2.75, 3.05) is 6.54 Å². The summed E-state index contributed by atoms with van der Waals surface area (Å²) in [5.74, 6) is -2.05. The number of nitrogens with two attached hydrogens (primary N) is 1. The summed E-state index contributed by atoms with van der Waals surface area (Å²) in [5.41, 5.74) is 4.89. The third-order valence-electron chi connectivity index (χ3n) is 1.87. The van der Waals surface area contributed by atoms with Crippen molar-refractivity contribution >= 4 is 11.8 Å². The maximum Gasteiger partial charge on any atom is 0.251 e. The molecule has 0 spiro atoms. The van der Waals surface area contributed by atoms with E-state index in [9.17, 15) is 14.0 Å². The molecule has 1 atom stereocenters. The number of carbonyl (C=O) groups is 2. The second-order valence-corrected chi connectivity index (χ2v) is 3.14. The van der Waals surface area contributed by atoms with Crippen LogP contribution >= 0.6 is 0 Å². The van der Waals surface area contributed by atoms with E-state index in [1.807, 2.05) is 0 Å². The molecule has 0 bridgehead atoms. The number of benzene rings is 1. The summed E-state index contributed by atoms with van der Waals surface area (Å²) >= 11 is 0. The molecular weight excluding hydrogens is 215 g/mol. The normalized spacial score (nSPS) is 11.9. The number of halogens is 1. The molecule has 2 amide bonds. The van der Waals surface area contributed by atoms with E-state index in [4.69, 9.17) is 10.8 Å². The predicted molar refractivity (Wildman–Crippen MR) is 53.9 cm³/mol. The van der Waals surface area contributed by atoms with Crippen molar-refractivity contribution in [3.63, 3.8) is 0 Å². The number of aliphatic hydroxyl groups excluding tert-OH is 1. The van der Waals surface area contributed by atoms with Gasteiger partial charge in [0.15, 0.2) is 0 Å². The average Bonchev–Trinajstić information content (AvgIpc) is 2.25. The highest BCUT2D eigenvalue weighted by atomic mass is 19.1.